The van der Waals surface area contributed by atoms with E-state index in [1.54, 1.807) is 12.3 Å². The molecule has 5 heteroatoms. The van der Waals surface area contributed by atoms with Gasteiger partial charge in [-0.3, -0.25) is 0 Å². The van der Waals surface area contributed by atoms with Crippen molar-refractivity contribution in [2.45, 2.75) is 12.8 Å². The Morgan fingerprint density at radius 2 is 2.50 bits per heavy atom. The molecule has 0 aromatic carbocycles. The number of pyridine rings is 1. The van der Waals surface area contributed by atoms with Gasteiger partial charge < -0.3 is 10.2 Å². The fraction of sp³-hybridized carbons (Fsp3) is 0.538. The van der Waals surface area contributed by atoms with E-state index >= 15 is 0 Å². The third-order valence-corrected chi connectivity index (χ3v) is 3.66. The predicted octanol–water partition coefficient (Wildman–Crippen LogP) is 2.04. The summed E-state index contributed by atoms with van der Waals surface area (Å²) >= 11 is 6.18. The smallest absolute Gasteiger partial charge is 0.148 e. The Labute approximate surface area is 113 Å². The van der Waals surface area contributed by atoms with Crippen LogP contribution in [-0.4, -0.2) is 31.7 Å². The molecule has 1 unspecified atom stereocenters. The zero-order chi connectivity index (χ0) is 13.0. The van der Waals surface area contributed by atoms with Crippen LogP contribution in [0.3, 0.4) is 0 Å². The van der Waals surface area contributed by atoms with Crippen LogP contribution in [-0.2, 0) is 0 Å². The van der Waals surface area contributed by atoms with Gasteiger partial charge in [0.15, 0.2) is 0 Å². The van der Waals surface area contributed by atoms with Gasteiger partial charge in [-0.2, -0.15) is 5.26 Å². The van der Waals surface area contributed by atoms with Gasteiger partial charge in [0.05, 0.1) is 5.56 Å². The van der Waals surface area contributed by atoms with Crippen molar-refractivity contribution in [3.05, 3.63) is 22.8 Å². The fourth-order valence-corrected chi connectivity index (χ4v) is 2.64. The summed E-state index contributed by atoms with van der Waals surface area (Å²) in [5.41, 5.74) is 0.482. The first-order valence-corrected chi connectivity index (χ1v) is 6.56. The topological polar surface area (TPSA) is 52.0 Å². The molecule has 1 aromatic heterocycles. The van der Waals surface area contributed by atoms with E-state index in [0.717, 1.165) is 19.6 Å². The molecule has 0 saturated carbocycles. The van der Waals surface area contributed by atoms with Gasteiger partial charge in [0.2, 0.25) is 0 Å². The van der Waals surface area contributed by atoms with Crippen LogP contribution in [0.15, 0.2) is 12.3 Å². The van der Waals surface area contributed by atoms with E-state index in [1.807, 2.05) is 11.9 Å². The van der Waals surface area contributed by atoms with Crippen molar-refractivity contribution in [1.29, 1.82) is 5.26 Å². The Kier molecular flexibility index (Phi) is 4.40. The van der Waals surface area contributed by atoms with Gasteiger partial charge in [0.1, 0.15) is 16.9 Å². The Morgan fingerprint density at radius 3 is 3.17 bits per heavy atom. The van der Waals surface area contributed by atoms with Crippen molar-refractivity contribution in [2.75, 3.05) is 31.6 Å². The van der Waals surface area contributed by atoms with Crippen molar-refractivity contribution in [1.82, 2.24) is 10.3 Å². The second kappa shape index (κ2) is 6.03. The van der Waals surface area contributed by atoms with Crippen LogP contribution in [0, 0.1) is 17.2 Å². The summed E-state index contributed by atoms with van der Waals surface area (Å²) < 4.78 is 0. The summed E-state index contributed by atoms with van der Waals surface area (Å²) in [5, 5.41) is 12.8. The van der Waals surface area contributed by atoms with Crippen molar-refractivity contribution >= 4 is 17.4 Å². The van der Waals surface area contributed by atoms with Gasteiger partial charge in [0.25, 0.3) is 0 Å². The van der Waals surface area contributed by atoms with E-state index in [2.05, 4.69) is 16.4 Å². The maximum Gasteiger partial charge on any atom is 0.148 e. The van der Waals surface area contributed by atoms with Crippen LogP contribution in [0.4, 0.5) is 5.82 Å². The van der Waals surface area contributed by atoms with E-state index in [1.165, 1.54) is 12.8 Å². The van der Waals surface area contributed by atoms with Crippen LogP contribution in [0.1, 0.15) is 18.4 Å². The minimum absolute atomic E-state index is 0.450. The second-order valence-electron chi connectivity index (χ2n) is 4.70. The first-order valence-electron chi connectivity index (χ1n) is 6.19. The molecule has 2 heterocycles. The lowest BCUT2D eigenvalue weighted by molar-refractivity contribution is 0.380. The molecule has 2 rings (SSSR count). The Bertz CT molecular complexity index is 449. The zero-order valence-electron chi connectivity index (χ0n) is 10.5. The monoisotopic (exact) mass is 264 g/mol. The third-order valence-electron chi connectivity index (χ3n) is 3.28. The molecule has 0 aliphatic carbocycles. The van der Waals surface area contributed by atoms with Gasteiger partial charge in [0, 0.05) is 19.8 Å². The van der Waals surface area contributed by atoms with Gasteiger partial charge in [-0.15, -0.1) is 0 Å². The molecule has 4 nitrogen and oxygen atoms in total. The minimum Gasteiger partial charge on any atom is -0.358 e. The highest BCUT2D eigenvalue weighted by molar-refractivity contribution is 6.34. The van der Waals surface area contributed by atoms with Crippen LogP contribution < -0.4 is 10.2 Å². The highest BCUT2D eigenvalue weighted by Gasteiger charge is 2.18. The van der Waals surface area contributed by atoms with Crippen LogP contribution in [0.2, 0.25) is 5.02 Å². The van der Waals surface area contributed by atoms with Crippen LogP contribution >= 0.6 is 11.6 Å². The average molecular weight is 265 g/mol. The van der Waals surface area contributed by atoms with Gasteiger partial charge in [-0.05, 0) is 37.9 Å². The summed E-state index contributed by atoms with van der Waals surface area (Å²) in [6.45, 7) is 3.07. The van der Waals surface area contributed by atoms with Crippen molar-refractivity contribution < 1.29 is 0 Å². The number of aromatic nitrogens is 1. The number of piperidine rings is 1. The van der Waals surface area contributed by atoms with E-state index in [4.69, 9.17) is 16.9 Å². The average Bonchev–Trinajstić information content (AvgIpc) is 2.40. The number of anilines is 1. The standard InChI is InChI=1S/C13H17ClN4/c1-18(9-10-3-2-5-16-8-10)13-12(14)11(7-15)4-6-17-13/h4,6,10,16H,2-3,5,8-9H2,1H3. The van der Waals surface area contributed by atoms with Gasteiger partial charge in [-0.25, -0.2) is 4.98 Å². The van der Waals surface area contributed by atoms with Crippen LogP contribution in [0.5, 0.6) is 0 Å². The number of nitrogens with one attached hydrogen (secondary N) is 1. The number of rotatable bonds is 3. The highest BCUT2D eigenvalue weighted by Crippen LogP contribution is 2.26. The number of nitriles is 1. The van der Waals surface area contributed by atoms with E-state index in [9.17, 15) is 0 Å². The summed E-state index contributed by atoms with van der Waals surface area (Å²) in [6, 6.07) is 3.72. The molecule has 1 saturated heterocycles. The van der Waals surface area contributed by atoms with E-state index in [0.29, 0.717) is 22.3 Å². The molecule has 0 amide bonds. The summed E-state index contributed by atoms with van der Waals surface area (Å²) in [4.78, 5) is 6.32. The molecular formula is C13H17ClN4. The van der Waals surface area contributed by atoms with Crippen LogP contribution in [0.25, 0.3) is 0 Å². The fourth-order valence-electron chi connectivity index (χ4n) is 2.34. The molecule has 0 bridgehead atoms. The molecule has 0 spiro atoms. The molecule has 1 aliphatic rings. The summed E-state index contributed by atoms with van der Waals surface area (Å²) in [7, 11) is 1.98. The molecule has 0 radical (unpaired) electrons. The lowest BCUT2D eigenvalue weighted by atomic mass is 9.99. The van der Waals surface area contributed by atoms with Crippen molar-refractivity contribution in [3.63, 3.8) is 0 Å². The predicted molar refractivity (Wildman–Crippen MR) is 72.8 cm³/mol. The SMILES string of the molecule is CN(CC1CCCNC1)c1nccc(C#N)c1Cl. The lowest BCUT2D eigenvalue weighted by Gasteiger charge is -2.28. The molecule has 1 fully saturated rings. The minimum atomic E-state index is 0.450. The number of nitrogens with zero attached hydrogens (tertiary/aromatic N) is 3. The quantitative estimate of drug-likeness (QED) is 0.908. The summed E-state index contributed by atoms with van der Waals surface area (Å²) in [6.07, 6.45) is 4.08. The molecule has 1 aliphatic heterocycles. The molecular weight excluding hydrogens is 248 g/mol. The largest absolute Gasteiger partial charge is 0.358 e. The Morgan fingerprint density at radius 1 is 1.67 bits per heavy atom. The van der Waals surface area contributed by atoms with Crippen molar-refractivity contribution in [2.24, 2.45) is 5.92 Å². The maximum atomic E-state index is 8.96. The maximum absolute atomic E-state index is 8.96. The number of halogens is 1. The molecule has 1 atom stereocenters. The zero-order valence-corrected chi connectivity index (χ0v) is 11.2. The number of hydrogen-bond donors (Lipinski definition) is 1. The van der Waals surface area contributed by atoms with Gasteiger partial charge in [-0.1, -0.05) is 11.6 Å². The normalized spacial score (nSPS) is 19.3. The molecule has 18 heavy (non-hydrogen) atoms. The first-order chi connectivity index (χ1) is 8.72. The Hall–Kier alpha value is -1.31. The molecule has 1 N–H and O–H groups in total. The van der Waals surface area contributed by atoms with Gasteiger partial charge >= 0.3 is 0 Å². The second-order valence-corrected chi connectivity index (χ2v) is 5.08. The molecule has 96 valence electrons. The Balaban J connectivity index is 2.08. The van der Waals surface area contributed by atoms with E-state index in [-0.39, 0.29) is 0 Å². The summed E-state index contributed by atoms with van der Waals surface area (Å²) in [5.74, 6) is 1.31. The first kappa shape index (κ1) is 13.1. The lowest BCUT2D eigenvalue weighted by Crippen LogP contribution is -2.37. The molecule has 1 aromatic rings. The number of hydrogen-bond acceptors (Lipinski definition) is 4. The third kappa shape index (κ3) is 2.92. The van der Waals surface area contributed by atoms with Crippen molar-refractivity contribution in [3.8, 4) is 6.07 Å². The highest BCUT2D eigenvalue weighted by atomic mass is 35.5. The van der Waals surface area contributed by atoms with E-state index < -0.39 is 0 Å².